The summed E-state index contributed by atoms with van der Waals surface area (Å²) in [6, 6.07) is 0. The third-order valence-electron chi connectivity index (χ3n) is 3.82. The summed E-state index contributed by atoms with van der Waals surface area (Å²) in [5.74, 6) is 0.607. The molecule has 14 heavy (non-hydrogen) atoms. The second-order valence-corrected chi connectivity index (χ2v) is 4.68. The Morgan fingerprint density at radius 2 is 1.93 bits per heavy atom. The lowest BCUT2D eigenvalue weighted by molar-refractivity contribution is -0.132. The van der Waals surface area contributed by atoms with E-state index < -0.39 is 0 Å². The summed E-state index contributed by atoms with van der Waals surface area (Å²) in [6.07, 6.45) is 7.24. The molecule has 0 N–H and O–H groups in total. The summed E-state index contributed by atoms with van der Waals surface area (Å²) in [4.78, 5) is 22.2. The van der Waals surface area contributed by atoms with Crippen LogP contribution in [0.25, 0.3) is 0 Å². The fourth-order valence-electron chi connectivity index (χ4n) is 2.51. The number of rotatable bonds is 4. The van der Waals surface area contributed by atoms with Gasteiger partial charge in [0.2, 0.25) is 0 Å². The molecule has 0 amide bonds. The molecule has 1 rings (SSSR count). The van der Waals surface area contributed by atoms with Gasteiger partial charge in [-0.15, -0.1) is 0 Å². The van der Waals surface area contributed by atoms with E-state index in [4.69, 9.17) is 0 Å². The fourth-order valence-corrected chi connectivity index (χ4v) is 2.51. The lowest BCUT2D eigenvalue weighted by Gasteiger charge is -2.36. The van der Waals surface area contributed by atoms with Crippen molar-refractivity contribution >= 4 is 12.1 Å². The number of ketones is 1. The van der Waals surface area contributed by atoms with Gasteiger partial charge in [-0.1, -0.05) is 26.2 Å². The van der Waals surface area contributed by atoms with Crippen LogP contribution in [0.2, 0.25) is 0 Å². The van der Waals surface area contributed by atoms with Crippen molar-refractivity contribution in [3.05, 3.63) is 0 Å². The van der Waals surface area contributed by atoms with Gasteiger partial charge in [0.15, 0.2) is 0 Å². The first-order chi connectivity index (χ1) is 6.61. The molecule has 1 atom stereocenters. The van der Waals surface area contributed by atoms with E-state index in [0.717, 1.165) is 19.1 Å². The number of carbonyl (C=O) groups excluding carboxylic acids is 2. The van der Waals surface area contributed by atoms with Gasteiger partial charge in [-0.05, 0) is 25.7 Å². The lowest BCUT2D eigenvalue weighted by atomic mass is 9.66. The number of Topliss-reactive ketones (excluding diaryl/α,β-unsaturated/α-hetero) is 1. The standard InChI is InChI=1S/C12H20O2/c1-10(14)12(2,8-9-13)11-6-4-3-5-7-11/h9,11H,3-8H2,1-2H3. The largest absolute Gasteiger partial charge is 0.303 e. The minimum Gasteiger partial charge on any atom is -0.303 e. The summed E-state index contributed by atoms with van der Waals surface area (Å²) in [6.45, 7) is 3.58. The van der Waals surface area contributed by atoms with Crippen LogP contribution in [0.3, 0.4) is 0 Å². The molecule has 1 aliphatic rings. The lowest BCUT2D eigenvalue weighted by Crippen LogP contribution is -2.36. The fraction of sp³-hybridized carbons (Fsp3) is 0.833. The zero-order valence-corrected chi connectivity index (χ0v) is 9.21. The predicted molar refractivity (Wildman–Crippen MR) is 56.0 cm³/mol. The second kappa shape index (κ2) is 4.72. The first-order valence-corrected chi connectivity index (χ1v) is 5.56. The van der Waals surface area contributed by atoms with E-state index in [-0.39, 0.29) is 11.2 Å². The summed E-state index contributed by atoms with van der Waals surface area (Å²) >= 11 is 0. The van der Waals surface area contributed by atoms with Crippen LogP contribution in [0, 0.1) is 11.3 Å². The maximum absolute atomic E-state index is 11.6. The van der Waals surface area contributed by atoms with E-state index in [1.165, 1.54) is 19.3 Å². The molecule has 0 aromatic heterocycles. The summed E-state index contributed by atoms with van der Waals surface area (Å²) < 4.78 is 0. The van der Waals surface area contributed by atoms with Gasteiger partial charge in [0.05, 0.1) is 0 Å². The molecule has 0 aromatic rings. The third-order valence-corrected chi connectivity index (χ3v) is 3.82. The summed E-state index contributed by atoms with van der Waals surface area (Å²) in [7, 11) is 0. The van der Waals surface area contributed by atoms with Gasteiger partial charge in [0.1, 0.15) is 12.1 Å². The van der Waals surface area contributed by atoms with Crippen LogP contribution < -0.4 is 0 Å². The molecule has 2 nitrogen and oxygen atoms in total. The number of carbonyl (C=O) groups is 2. The minimum atomic E-state index is -0.387. The molecule has 0 spiro atoms. The van der Waals surface area contributed by atoms with Crippen LogP contribution in [0.4, 0.5) is 0 Å². The van der Waals surface area contributed by atoms with Crippen LogP contribution in [0.5, 0.6) is 0 Å². The van der Waals surface area contributed by atoms with Crippen molar-refractivity contribution in [2.24, 2.45) is 11.3 Å². The molecule has 1 fully saturated rings. The Hall–Kier alpha value is -0.660. The molecule has 2 heteroatoms. The van der Waals surface area contributed by atoms with E-state index in [1.54, 1.807) is 6.92 Å². The monoisotopic (exact) mass is 196 g/mol. The van der Waals surface area contributed by atoms with Crippen molar-refractivity contribution in [2.75, 3.05) is 0 Å². The zero-order valence-electron chi connectivity index (χ0n) is 9.21. The predicted octanol–water partition coefficient (Wildman–Crippen LogP) is 2.75. The average molecular weight is 196 g/mol. The smallest absolute Gasteiger partial charge is 0.136 e. The molecule has 0 aliphatic heterocycles. The van der Waals surface area contributed by atoms with Crippen molar-refractivity contribution in [3.63, 3.8) is 0 Å². The summed E-state index contributed by atoms with van der Waals surface area (Å²) in [5, 5.41) is 0. The van der Waals surface area contributed by atoms with Gasteiger partial charge in [0.25, 0.3) is 0 Å². The average Bonchev–Trinajstić information content (AvgIpc) is 2.19. The Bertz CT molecular complexity index is 216. The van der Waals surface area contributed by atoms with Crippen molar-refractivity contribution in [1.29, 1.82) is 0 Å². The second-order valence-electron chi connectivity index (χ2n) is 4.68. The molecule has 0 radical (unpaired) electrons. The van der Waals surface area contributed by atoms with E-state index >= 15 is 0 Å². The number of aldehydes is 1. The molecule has 0 aromatic carbocycles. The van der Waals surface area contributed by atoms with Gasteiger partial charge < -0.3 is 4.79 Å². The van der Waals surface area contributed by atoms with E-state index in [9.17, 15) is 9.59 Å². The minimum absolute atomic E-state index is 0.177. The SMILES string of the molecule is CC(=O)C(C)(CC=O)C1CCCCC1. The Balaban J connectivity index is 2.74. The first-order valence-electron chi connectivity index (χ1n) is 5.56. The third kappa shape index (κ3) is 2.23. The first kappa shape index (κ1) is 11.4. The van der Waals surface area contributed by atoms with Gasteiger partial charge in [-0.3, -0.25) is 4.79 Å². The van der Waals surface area contributed by atoms with Gasteiger partial charge in [-0.2, -0.15) is 0 Å². The Labute approximate surface area is 86.1 Å². The quantitative estimate of drug-likeness (QED) is 0.648. The highest BCUT2D eigenvalue weighted by atomic mass is 16.1. The molecule has 80 valence electrons. The molecule has 1 aliphatic carbocycles. The summed E-state index contributed by atoms with van der Waals surface area (Å²) in [5.41, 5.74) is -0.387. The molecular formula is C12H20O2. The van der Waals surface area contributed by atoms with Crippen molar-refractivity contribution in [2.45, 2.75) is 52.4 Å². The maximum atomic E-state index is 11.6. The van der Waals surface area contributed by atoms with Crippen molar-refractivity contribution in [3.8, 4) is 0 Å². The number of hydrogen-bond acceptors (Lipinski definition) is 2. The van der Waals surface area contributed by atoms with Gasteiger partial charge >= 0.3 is 0 Å². The number of hydrogen-bond donors (Lipinski definition) is 0. The van der Waals surface area contributed by atoms with Crippen LogP contribution >= 0.6 is 0 Å². The Kier molecular flexibility index (Phi) is 3.85. The Morgan fingerprint density at radius 3 is 2.36 bits per heavy atom. The van der Waals surface area contributed by atoms with Crippen molar-refractivity contribution < 1.29 is 9.59 Å². The van der Waals surface area contributed by atoms with Crippen LogP contribution in [-0.4, -0.2) is 12.1 Å². The van der Waals surface area contributed by atoms with E-state index in [1.807, 2.05) is 6.92 Å². The van der Waals surface area contributed by atoms with Gasteiger partial charge in [-0.25, -0.2) is 0 Å². The molecule has 1 saturated carbocycles. The molecular weight excluding hydrogens is 176 g/mol. The highest BCUT2D eigenvalue weighted by molar-refractivity contribution is 5.84. The Morgan fingerprint density at radius 1 is 1.36 bits per heavy atom. The highest BCUT2D eigenvalue weighted by Gasteiger charge is 2.38. The molecule has 0 heterocycles. The van der Waals surface area contributed by atoms with E-state index in [0.29, 0.717) is 12.3 Å². The molecule has 0 bridgehead atoms. The van der Waals surface area contributed by atoms with Crippen LogP contribution in [0.15, 0.2) is 0 Å². The van der Waals surface area contributed by atoms with Crippen LogP contribution in [-0.2, 0) is 9.59 Å². The van der Waals surface area contributed by atoms with Gasteiger partial charge in [0, 0.05) is 11.8 Å². The highest BCUT2D eigenvalue weighted by Crippen LogP contribution is 2.41. The molecule has 0 saturated heterocycles. The normalized spacial score (nSPS) is 22.7. The zero-order chi connectivity index (χ0) is 10.6. The topological polar surface area (TPSA) is 34.1 Å². The van der Waals surface area contributed by atoms with Crippen LogP contribution in [0.1, 0.15) is 52.4 Å². The maximum Gasteiger partial charge on any atom is 0.136 e. The van der Waals surface area contributed by atoms with E-state index in [2.05, 4.69) is 0 Å². The molecule has 1 unspecified atom stereocenters. The van der Waals surface area contributed by atoms with Crippen molar-refractivity contribution in [1.82, 2.24) is 0 Å².